The Labute approximate surface area is 165 Å². The van der Waals surface area contributed by atoms with Crippen LogP contribution in [0.3, 0.4) is 0 Å². The molecule has 3 rings (SSSR count). The van der Waals surface area contributed by atoms with Gasteiger partial charge in [0.05, 0.1) is 12.2 Å². The van der Waals surface area contributed by atoms with E-state index in [4.69, 9.17) is 0 Å². The van der Waals surface area contributed by atoms with E-state index in [0.29, 0.717) is 18.1 Å². The quantitative estimate of drug-likeness (QED) is 0.460. The summed E-state index contributed by atoms with van der Waals surface area (Å²) in [6.45, 7) is 4.33. The lowest BCUT2D eigenvalue weighted by molar-refractivity contribution is -0.173. The molecule has 3 aliphatic carbocycles. The van der Waals surface area contributed by atoms with Gasteiger partial charge in [-0.25, -0.2) is 0 Å². The van der Waals surface area contributed by atoms with Gasteiger partial charge in [0.2, 0.25) is 0 Å². The van der Waals surface area contributed by atoms with Gasteiger partial charge in [-0.2, -0.15) is 0 Å². The smallest absolute Gasteiger partial charge is 0.142 e. The summed E-state index contributed by atoms with van der Waals surface area (Å²) in [5.74, 6) is 1.20. The molecule has 2 N–H and O–H groups in total. The lowest BCUT2D eigenvalue weighted by Crippen LogP contribution is -2.62. The number of aliphatic hydroxyl groups excluding tert-OH is 2. The third-order valence-corrected chi connectivity index (χ3v) is 7.92. The summed E-state index contributed by atoms with van der Waals surface area (Å²) < 4.78 is 0. The van der Waals surface area contributed by atoms with Crippen molar-refractivity contribution >= 4 is 5.78 Å². The number of aliphatic hydroxyl groups is 2. The lowest BCUT2D eigenvalue weighted by Gasteiger charge is -2.58. The van der Waals surface area contributed by atoms with Gasteiger partial charge in [-0.1, -0.05) is 70.9 Å². The summed E-state index contributed by atoms with van der Waals surface area (Å²) in [4.78, 5) is 12.9. The highest BCUT2D eigenvalue weighted by Gasteiger charge is 2.62. The Hall–Kier alpha value is -0.670. The molecule has 0 aromatic carbocycles. The van der Waals surface area contributed by atoms with Gasteiger partial charge >= 0.3 is 0 Å². The number of carbonyl (C=O) groups excluding carboxylic acids is 1. The predicted octanol–water partition coefficient (Wildman–Crippen LogP) is 5.05. The highest BCUT2D eigenvalue weighted by Crippen LogP contribution is 2.60. The van der Waals surface area contributed by atoms with Crippen molar-refractivity contribution in [1.82, 2.24) is 0 Å². The molecular weight excluding hydrogens is 336 g/mol. The molecule has 0 bridgehead atoms. The Kier molecular flexibility index (Phi) is 7.19. The van der Waals surface area contributed by atoms with Crippen LogP contribution in [0.4, 0.5) is 0 Å². The molecule has 0 radical (unpaired) electrons. The van der Waals surface area contributed by atoms with Crippen LogP contribution in [0.2, 0.25) is 0 Å². The van der Waals surface area contributed by atoms with Gasteiger partial charge in [-0.15, -0.1) is 0 Å². The summed E-state index contributed by atoms with van der Waals surface area (Å²) in [7, 11) is 0. The van der Waals surface area contributed by atoms with Crippen LogP contribution < -0.4 is 0 Å². The molecule has 3 fully saturated rings. The van der Waals surface area contributed by atoms with Gasteiger partial charge in [-0.3, -0.25) is 4.79 Å². The van der Waals surface area contributed by atoms with Crippen LogP contribution in [0, 0.1) is 29.1 Å². The summed E-state index contributed by atoms with van der Waals surface area (Å²) in [6, 6.07) is 0. The minimum Gasteiger partial charge on any atom is -0.393 e. The van der Waals surface area contributed by atoms with Crippen molar-refractivity contribution in [1.29, 1.82) is 0 Å². The fourth-order valence-corrected chi connectivity index (χ4v) is 6.19. The Morgan fingerprint density at radius 3 is 2.59 bits per heavy atom. The number of carbonyl (C=O) groups is 1. The zero-order valence-corrected chi connectivity index (χ0v) is 17.4. The van der Waals surface area contributed by atoms with Crippen LogP contribution in [0.15, 0.2) is 12.2 Å². The number of fused-ring (bicyclic) bond motifs is 1. The number of hydrogen-bond acceptors (Lipinski definition) is 3. The van der Waals surface area contributed by atoms with Crippen LogP contribution >= 0.6 is 0 Å². The van der Waals surface area contributed by atoms with E-state index in [1.807, 2.05) is 6.08 Å². The van der Waals surface area contributed by atoms with Gasteiger partial charge in [-0.05, 0) is 43.9 Å². The van der Waals surface area contributed by atoms with E-state index >= 15 is 0 Å². The summed E-state index contributed by atoms with van der Waals surface area (Å²) in [5.41, 5.74) is -0.251. The molecule has 0 amide bonds. The molecule has 3 aliphatic rings. The molecule has 0 saturated heterocycles. The van der Waals surface area contributed by atoms with Crippen molar-refractivity contribution in [3.63, 3.8) is 0 Å². The first-order valence-electron chi connectivity index (χ1n) is 11.6. The maximum absolute atomic E-state index is 12.9. The highest BCUT2D eigenvalue weighted by atomic mass is 16.3. The number of Topliss-reactive ketones (excluding diaryl/α,β-unsaturated/α-hetero) is 1. The Morgan fingerprint density at radius 2 is 1.89 bits per heavy atom. The standard InChI is InChI=1S/C24H40O3/c1-3-4-5-9-12-19-22-18(21(26)15-16-24(22,2)23(19)27)13-14-20(25)17-10-7-6-8-11-17/h13-14,17-22,25-26H,3-12,15-16H2,1-2H3/t18-,19?,20+,21+,22-,24-/m1/s1. The maximum atomic E-state index is 12.9. The van der Waals surface area contributed by atoms with Crippen molar-refractivity contribution in [3.05, 3.63) is 12.2 Å². The molecule has 0 heterocycles. The van der Waals surface area contributed by atoms with Crippen molar-refractivity contribution in [3.8, 4) is 0 Å². The van der Waals surface area contributed by atoms with Crippen molar-refractivity contribution in [2.45, 2.75) is 103 Å². The summed E-state index contributed by atoms with van der Waals surface area (Å²) >= 11 is 0. The van der Waals surface area contributed by atoms with Gasteiger partial charge in [0, 0.05) is 17.3 Å². The van der Waals surface area contributed by atoms with Gasteiger partial charge in [0.25, 0.3) is 0 Å². The van der Waals surface area contributed by atoms with Crippen molar-refractivity contribution < 1.29 is 15.0 Å². The molecule has 0 aromatic rings. The van der Waals surface area contributed by atoms with E-state index in [1.54, 1.807) is 0 Å². The fourth-order valence-electron chi connectivity index (χ4n) is 6.19. The minimum atomic E-state index is -0.399. The third-order valence-electron chi connectivity index (χ3n) is 7.92. The molecule has 3 saturated carbocycles. The molecule has 1 unspecified atom stereocenters. The highest BCUT2D eigenvalue weighted by molar-refractivity contribution is 5.94. The first-order valence-corrected chi connectivity index (χ1v) is 11.6. The molecule has 3 nitrogen and oxygen atoms in total. The molecule has 0 aromatic heterocycles. The Bertz CT molecular complexity index is 522. The van der Waals surface area contributed by atoms with Crippen LogP contribution in [-0.4, -0.2) is 28.2 Å². The largest absolute Gasteiger partial charge is 0.393 e. The normalized spacial score (nSPS) is 38.6. The van der Waals surface area contributed by atoms with E-state index in [2.05, 4.69) is 19.9 Å². The van der Waals surface area contributed by atoms with E-state index in [9.17, 15) is 15.0 Å². The predicted molar refractivity (Wildman–Crippen MR) is 109 cm³/mol. The molecule has 27 heavy (non-hydrogen) atoms. The molecule has 0 spiro atoms. The molecule has 154 valence electrons. The van der Waals surface area contributed by atoms with E-state index in [0.717, 1.165) is 32.1 Å². The van der Waals surface area contributed by atoms with Crippen molar-refractivity contribution in [2.75, 3.05) is 0 Å². The summed E-state index contributed by atoms with van der Waals surface area (Å²) in [6.07, 6.45) is 16.5. The van der Waals surface area contributed by atoms with E-state index in [1.165, 1.54) is 38.5 Å². The Balaban J connectivity index is 1.66. The second kappa shape index (κ2) is 9.22. The van der Waals surface area contributed by atoms with Crippen molar-refractivity contribution in [2.24, 2.45) is 29.1 Å². The number of unbranched alkanes of at least 4 members (excludes halogenated alkanes) is 3. The second-order valence-corrected chi connectivity index (χ2v) is 9.72. The third kappa shape index (κ3) is 4.34. The van der Waals surface area contributed by atoms with Gasteiger partial charge in [0.15, 0.2) is 0 Å². The van der Waals surface area contributed by atoms with Crippen LogP contribution in [0.1, 0.15) is 90.9 Å². The zero-order chi connectivity index (χ0) is 19.4. The Morgan fingerprint density at radius 1 is 1.15 bits per heavy atom. The first kappa shape index (κ1) is 21.0. The maximum Gasteiger partial charge on any atom is 0.142 e. The van der Waals surface area contributed by atoms with Gasteiger partial charge in [0.1, 0.15) is 5.78 Å². The SMILES string of the molecule is CCCCCCC1C(=O)[C@]2(C)CC[C@H](O)[C@@H](C=C[C@H](O)C3CCCCC3)[C@H]12. The second-order valence-electron chi connectivity index (χ2n) is 9.72. The average Bonchev–Trinajstić information content (AvgIpc) is 2.69. The first-order chi connectivity index (χ1) is 13.0. The zero-order valence-electron chi connectivity index (χ0n) is 17.4. The fraction of sp³-hybridized carbons (Fsp3) is 0.875. The topological polar surface area (TPSA) is 57.5 Å². The number of ketones is 1. The minimum absolute atomic E-state index is 0.0239. The average molecular weight is 377 g/mol. The lowest BCUT2D eigenvalue weighted by atomic mass is 9.44. The van der Waals surface area contributed by atoms with Crippen LogP contribution in [0.5, 0.6) is 0 Å². The van der Waals surface area contributed by atoms with Crippen LogP contribution in [0.25, 0.3) is 0 Å². The molecular formula is C24H40O3. The van der Waals surface area contributed by atoms with E-state index in [-0.39, 0.29) is 29.3 Å². The molecule has 0 aliphatic heterocycles. The van der Waals surface area contributed by atoms with E-state index < -0.39 is 6.10 Å². The molecule has 3 heteroatoms. The monoisotopic (exact) mass is 376 g/mol. The molecule has 6 atom stereocenters. The number of hydrogen-bond donors (Lipinski definition) is 2. The number of rotatable bonds is 8. The van der Waals surface area contributed by atoms with Crippen LogP contribution in [-0.2, 0) is 4.79 Å². The summed E-state index contributed by atoms with van der Waals surface area (Å²) in [5, 5.41) is 21.3. The van der Waals surface area contributed by atoms with Gasteiger partial charge < -0.3 is 10.2 Å².